The van der Waals surface area contributed by atoms with Crippen LogP contribution in [0.3, 0.4) is 0 Å². The summed E-state index contributed by atoms with van der Waals surface area (Å²) in [6.07, 6.45) is 0.812. The van der Waals surface area contributed by atoms with E-state index in [9.17, 15) is 4.79 Å². The van der Waals surface area contributed by atoms with Gasteiger partial charge in [-0.1, -0.05) is 0 Å². The van der Waals surface area contributed by atoms with Crippen LogP contribution in [0.4, 0.5) is 5.69 Å². The van der Waals surface area contributed by atoms with Gasteiger partial charge in [-0.25, -0.2) is 0 Å². The van der Waals surface area contributed by atoms with E-state index in [1.54, 1.807) is 18.2 Å². The van der Waals surface area contributed by atoms with E-state index in [-0.39, 0.29) is 0 Å². The van der Waals surface area contributed by atoms with E-state index in [1.165, 1.54) is 26.2 Å². The van der Waals surface area contributed by atoms with Crippen molar-refractivity contribution in [2.75, 3.05) is 46.0 Å². The van der Waals surface area contributed by atoms with E-state index >= 15 is 0 Å². The summed E-state index contributed by atoms with van der Waals surface area (Å²) in [4.78, 5) is 15.0. The Balaban J connectivity index is 0.000000184. The maximum atomic E-state index is 10.2. The molecule has 0 amide bonds. The molecule has 0 bridgehead atoms. The number of aryl methyl sites for hydroxylation is 1. The van der Waals surface area contributed by atoms with Crippen LogP contribution in [-0.2, 0) is 0 Å². The average molecular weight is 249 g/mol. The van der Waals surface area contributed by atoms with Crippen LogP contribution in [0, 0.1) is 6.92 Å². The van der Waals surface area contributed by atoms with Crippen LogP contribution < -0.4 is 5.73 Å². The highest BCUT2D eigenvalue weighted by Gasteiger charge is 2.07. The monoisotopic (exact) mass is 249 g/mol. The van der Waals surface area contributed by atoms with Crippen molar-refractivity contribution in [2.24, 2.45) is 0 Å². The van der Waals surface area contributed by atoms with Crippen molar-refractivity contribution in [3.8, 4) is 0 Å². The molecule has 4 nitrogen and oxygen atoms in total. The number of hydrogen-bond donors (Lipinski definition) is 1. The Labute approximate surface area is 109 Å². The summed E-state index contributed by atoms with van der Waals surface area (Å²) >= 11 is 0. The lowest BCUT2D eigenvalue weighted by atomic mass is 10.1. The third-order valence-corrected chi connectivity index (χ3v) is 3.16. The van der Waals surface area contributed by atoms with E-state index in [4.69, 9.17) is 5.73 Å². The first-order valence-corrected chi connectivity index (χ1v) is 6.21. The number of hydrogen-bond acceptors (Lipinski definition) is 4. The molecule has 1 aromatic rings. The van der Waals surface area contributed by atoms with Crippen LogP contribution >= 0.6 is 0 Å². The predicted molar refractivity (Wildman–Crippen MR) is 76.0 cm³/mol. The number of likely N-dealkylation sites (N-methyl/N-ethyl adjacent to an activating group) is 2. The van der Waals surface area contributed by atoms with Gasteiger partial charge in [-0.2, -0.15) is 0 Å². The zero-order valence-electron chi connectivity index (χ0n) is 11.5. The quantitative estimate of drug-likeness (QED) is 0.601. The lowest BCUT2D eigenvalue weighted by Gasteiger charge is -2.28. The minimum Gasteiger partial charge on any atom is -0.399 e. The lowest BCUT2D eigenvalue weighted by Crippen LogP contribution is -2.42. The molecule has 1 aromatic carbocycles. The van der Waals surface area contributed by atoms with Crippen molar-refractivity contribution in [2.45, 2.75) is 6.92 Å². The van der Waals surface area contributed by atoms with Gasteiger partial charge >= 0.3 is 0 Å². The second-order valence-electron chi connectivity index (χ2n) is 4.84. The summed E-state index contributed by atoms with van der Waals surface area (Å²) in [5, 5.41) is 0. The number of nitrogens with two attached hydrogens (primary N) is 1. The third kappa shape index (κ3) is 4.85. The first kappa shape index (κ1) is 14.7. The molecule has 1 aliphatic heterocycles. The molecule has 4 heteroatoms. The predicted octanol–water partition coefficient (Wildman–Crippen LogP) is 1.25. The minimum absolute atomic E-state index is 0.673. The van der Waals surface area contributed by atoms with E-state index < -0.39 is 0 Å². The standard InChI is InChI=1S/C8H9NO.C6H14N2/c1-6-4-7(5-10)2-3-8(6)9;1-7-3-5-8(2)6-4-7/h2-5H,9H2,1H3;3-6H2,1-2H3. The number of benzene rings is 1. The first-order chi connectivity index (χ1) is 8.52. The Morgan fingerprint density at radius 2 is 1.61 bits per heavy atom. The van der Waals surface area contributed by atoms with Crippen molar-refractivity contribution < 1.29 is 4.79 Å². The number of nitrogens with zero attached hydrogens (tertiary/aromatic N) is 2. The zero-order valence-corrected chi connectivity index (χ0v) is 11.5. The molecule has 1 heterocycles. The van der Waals surface area contributed by atoms with Crippen LogP contribution in [0.5, 0.6) is 0 Å². The van der Waals surface area contributed by atoms with Gasteiger partial charge in [0.2, 0.25) is 0 Å². The summed E-state index contributed by atoms with van der Waals surface area (Å²) in [7, 11) is 4.35. The zero-order chi connectivity index (χ0) is 13.5. The largest absolute Gasteiger partial charge is 0.399 e. The van der Waals surface area contributed by atoms with Crippen molar-refractivity contribution in [3.05, 3.63) is 29.3 Å². The highest BCUT2D eigenvalue weighted by Crippen LogP contribution is 2.10. The molecule has 1 fully saturated rings. The smallest absolute Gasteiger partial charge is 0.150 e. The molecule has 0 saturated carbocycles. The fraction of sp³-hybridized carbons (Fsp3) is 0.500. The van der Waals surface area contributed by atoms with Gasteiger partial charge < -0.3 is 15.5 Å². The molecule has 1 saturated heterocycles. The Kier molecular flexibility index (Phi) is 5.82. The lowest BCUT2D eigenvalue weighted by molar-refractivity contribution is 0.112. The summed E-state index contributed by atoms with van der Waals surface area (Å²) in [6.45, 7) is 6.81. The summed E-state index contributed by atoms with van der Waals surface area (Å²) < 4.78 is 0. The topological polar surface area (TPSA) is 49.6 Å². The molecule has 2 rings (SSSR count). The molecule has 0 aromatic heterocycles. The van der Waals surface area contributed by atoms with Gasteiger partial charge in [-0.3, -0.25) is 4.79 Å². The number of carbonyl (C=O) groups is 1. The number of aldehydes is 1. The number of nitrogen functional groups attached to an aromatic ring is 1. The van der Waals surface area contributed by atoms with Crippen molar-refractivity contribution >= 4 is 12.0 Å². The molecule has 0 atom stereocenters. The molecule has 0 aliphatic carbocycles. The van der Waals surface area contributed by atoms with Crippen molar-refractivity contribution in [1.29, 1.82) is 0 Å². The molecule has 0 spiro atoms. The SMILES string of the molecule is CN1CCN(C)CC1.Cc1cc(C=O)ccc1N. The van der Waals surface area contributed by atoms with E-state index in [0.29, 0.717) is 5.56 Å². The summed E-state index contributed by atoms with van der Waals surface area (Å²) in [5.41, 5.74) is 7.88. The average Bonchev–Trinajstić information content (AvgIpc) is 2.37. The molecular weight excluding hydrogens is 226 g/mol. The van der Waals surface area contributed by atoms with Crippen molar-refractivity contribution in [3.63, 3.8) is 0 Å². The molecule has 2 N–H and O–H groups in total. The van der Waals surface area contributed by atoms with Gasteiger partial charge in [0.15, 0.2) is 0 Å². The Morgan fingerprint density at radius 1 is 1.11 bits per heavy atom. The molecular formula is C14H23N3O. The maximum Gasteiger partial charge on any atom is 0.150 e. The second kappa shape index (κ2) is 7.13. The second-order valence-corrected chi connectivity index (χ2v) is 4.84. The van der Waals surface area contributed by atoms with Crippen LogP contribution in [0.2, 0.25) is 0 Å². The third-order valence-electron chi connectivity index (χ3n) is 3.16. The van der Waals surface area contributed by atoms with Gasteiger partial charge in [0.25, 0.3) is 0 Å². The van der Waals surface area contributed by atoms with Gasteiger partial charge in [0.05, 0.1) is 0 Å². The Hall–Kier alpha value is -1.39. The minimum atomic E-state index is 0.673. The summed E-state index contributed by atoms with van der Waals surface area (Å²) in [6, 6.07) is 5.21. The maximum absolute atomic E-state index is 10.2. The van der Waals surface area contributed by atoms with Crippen LogP contribution in [0.25, 0.3) is 0 Å². The van der Waals surface area contributed by atoms with E-state index in [0.717, 1.165) is 17.5 Å². The molecule has 18 heavy (non-hydrogen) atoms. The molecule has 0 unspecified atom stereocenters. The van der Waals surface area contributed by atoms with E-state index in [1.807, 2.05) is 6.92 Å². The van der Waals surface area contributed by atoms with Crippen LogP contribution in [0.1, 0.15) is 15.9 Å². The Bertz CT molecular complexity index is 375. The van der Waals surface area contributed by atoms with Crippen molar-refractivity contribution in [1.82, 2.24) is 9.80 Å². The van der Waals surface area contributed by atoms with Gasteiger partial charge in [-0.15, -0.1) is 0 Å². The van der Waals surface area contributed by atoms with Crippen LogP contribution in [0.15, 0.2) is 18.2 Å². The summed E-state index contributed by atoms with van der Waals surface area (Å²) in [5.74, 6) is 0. The molecule has 100 valence electrons. The molecule has 1 aliphatic rings. The number of piperazine rings is 1. The van der Waals surface area contributed by atoms with E-state index in [2.05, 4.69) is 23.9 Å². The Morgan fingerprint density at radius 3 is 2.00 bits per heavy atom. The van der Waals surface area contributed by atoms with Gasteiger partial charge in [0.1, 0.15) is 6.29 Å². The number of rotatable bonds is 1. The van der Waals surface area contributed by atoms with Gasteiger partial charge in [0, 0.05) is 37.4 Å². The van der Waals surface area contributed by atoms with Crippen LogP contribution in [-0.4, -0.2) is 56.4 Å². The highest BCUT2D eigenvalue weighted by atomic mass is 16.1. The fourth-order valence-electron chi connectivity index (χ4n) is 1.68. The highest BCUT2D eigenvalue weighted by molar-refractivity contribution is 5.76. The first-order valence-electron chi connectivity index (χ1n) is 6.21. The van der Waals surface area contributed by atoms with Gasteiger partial charge in [-0.05, 0) is 44.8 Å². The fourth-order valence-corrected chi connectivity index (χ4v) is 1.68. The molecule has 0 radical (unpaired) electrons. The number of carbonyl (C=O) groups excluding carboxylic acids is 1. The number of anilines is 1. The normalized spacial score (nSPS) is 16.8.